The van der Waals surface area contributed by atoms with E-state index in [1.54, 1.807) is 4.31 Å². The maximum absolute atomic E-state index is 11.2. The van der Waals surface area contributed by atoms with E-state index in [1.165, 1.54) is 19.3 Å². The highest BCUT2D eigenvalue weighted by Crippen LogP contribution is 2.16. The topological polar surface area (TPSA) is 49.4 Å². The molecule has 82 valence electrons. The molecule has 0 amide bonds. The molecule has 2 saturated heterocycles. The van der Waals surface area contributed by atoms with Gasteiger partial charge in [0.25, 0.3) is 0 Å². The van der Waals surface area contributed by atoms with Crippen LogP contribution in [0, 0.1) is 0 Å². The Kier molecular flexibility index (Phi) is 3.09. The maximum atomic E-state index is 11.2. The third kappa shape index (κ3) is 2.27. The van der Waals surface area contributed by atoms with Gasteiger partial charge in [-0.25, -0.2) is 12.7 Å². The normalized spacial score (nSPS) is 32.4. The first-order chi connectivity index (χ1) is 6.68. The lowest BCUT2D eigenvalue weighted by Gasteiger charge is -2.32. The quantitative estimate of drug-likeness (QED) is 0.734. The molecule has 1 atom stereocenters. The fraction of sp³-hybridized carbons (Fsp3) is 1.00. The van der Waals surface area contributed by atoms with Crippen LogP contribution in [0.3, 0.4) is 0 Å². The predicted octanol–water partition coefficient (Wildman–Crippen LogP) is 0.164. The maximum Gasteiger partial charge on any atom is 0.215 e. The summed E-state index contributed by atoms with van der Waals surface area (Å²) in [6, 6.07) is 0.541. The Bertz CT molecular complexity index is 283. The Morgan fingerprint density at radius 2 is 2.21 bits per heavy atom. The monoisotopic (exact) mass is 218 g/mol. The van der Waals surface area contributed by atoms with Gasteiger partial charge in [-0.1, -0.05) is 6.42 Å². The van der Waals surface area contributed by atoms with Crippen LogP contribution in [0.15, 0.2) is 0 Å². The molecule has 0 aromatic rings. The lowest BCUT2D eigenvalue weighted by Crippen LogP contribution is -2.49. The van der Waals surface area contributed by atoms with E-state index in [2.05, 4.69) is 5.32 Å². The summed E-state index contributed by atoms with van der Waals surface area (Å²) < 4.78 is 24.0. The average molecular weight is 218 g/mol. The number of piperidine rings is 1. The van der Waals surface area contributed by atoms with E-state index >= 15 is 0 Å². The third-order valence-corrected chi connectivity index (χ3v) is 4.98. The molecule has 0 bridgehead atoms. The van der Waals surface area contributed by atoms with Gasteiger partial charge in [0, 0.05) is 19.1 Å². The molecule has 0 saturated carbocycles. The number of rotatable bonds is 3. The van der Waals surface area contributed by atoms with E-state index in [-0.39, 0.29) is 0 Å². The van der Waals surface area contributed by atoms with Crippen LogP contribution in [0.25, 0.3) is 0 Å². The van der Waals surface area contributed by atoms with Gasteiger partial charge >= 0.3 is 0 Å². The molecule has 0 spiro atoms. The van der Waals surface area contributed by atoms with Crippen LogP contribution in [-0.2, 0) is 10.0 Å². The molecule has 0 radical (unpaired) electrons. The van der Waals surface area contributed by atoms with Gasteiger partial charge in [0.05, 0.1) is 5.75 Å². The highest BCUT2D eigenvalue weighted by Gasteiger charge is 2.32. The first kappa shape index (κ1) is 10.4. The number of hydrogen-bond donors (Lipinski definition) is 1. The van der Waals surface area contributed by atoms with Gasteiger partial charge in [0.2, 0.25) is 10.0 Å². The Hall–Kier alpha value is -0.130. The van der Waals surface area contributed by atoms with Crippen molar-refractivity contribution in [1.29, 1.82) is 0 Å². The van der Waals surface area contributed by atoms with Crippen molar-refractivity contribution in [1.82, 2.24) is 9.62 Å². The zero-order valence-corrected chi connectivity index (χ0v) is 9.22. The molecule has 2 rings (SSSR count). The van der Waals surface area contributed by atoms with Crippen molar-refractivity contribution < 1.29 is 8.42 Å². The molecule has 0 aliphatic carbocycles. The van der Waals surface area contributed by atoms with Crippen LogP contribution in [0.4, 0.5) is 0 Å². The molecule has 0 aromatic carbocycles. The summed E-state index contributed by atoms with van der Waals surface area (Å²) in [6.07, 6.45) is 4.72. The van der Waals surface area contributed by atoms with Gasteiger partial charge in [-0.05, 0) is 25.8 Å². The van der Waals surface area contributed by atoms with Crippen molar-refractivity contribution in [2.75, 3.05) is 25.4 Å². The summed E-state index contributed by atoms with van der Waals surface area (Å²) in [5.41, 5.74) is 0. The minimum atomic E-state index is -2.82. The van der Waals surface area contributed by atoms with Crippen molar-refractivity contribution in [3.8, 4) is 0 Å². The van der Waals surface area contributed by atoms with Crippen LogP contribution < -0.4 is 5.32 Å². The Morgan fingerprint density at radius 3 is 2.71 bits per heavy atom. The SMILES string of the molecule is O=S1(=O)CCN1CCC1CCCCN1. The van der Waals surface area contributed by atoms with Crippen LogP contribution in [0.1, 0.15) is 25.7 Å². The van der Waals surface area contributed by atoms with Crippen LogP contribution in [0.5, 0.6) is 0 Å². The smallest absolute Gasteiger partial charge is 0.215 e. The lowest BCUT2D eigenvalue weighted by molar-refractivity contribution is 0.322. The minimum Gasteiger partial charge on any atom is -0.314 e. The summed E-state index contributed by atoms with van der Waals surface area (Å²) in [5, 5.41) is 3.43. The fourth-order valence-corrected chi connectivity index (χ4v) is 3.21. The second kappa shape index (κ2) is 4.16. The van der Waals surface area contributed by atoms with E-state index in [9.17, 15) is 8.42 Å². The van der Waals surface area contributed by atoms with Crippen LogP contribution >= 0.6 is 0 Å². The summed E-state index contributed by atoms with van der Waals surface area (Å²) in [7, 11) is -2.82. The summed E-state index contributed by atoms with van der Waals surface area (Å²) in [4.78, 5) is 0. The van der Waals surface area contributed by atoms with Gasteiger partial charge < -0.3 is 5.32 Å². The summed E-state index contributed by atoms with van der Waals surface area (Å²) in [6.45, 7) is 2.53. The number of hydrogen-bond acceptors (Lipinski definition) is 3. The summed E-state index contributed by atoms with van der Waals surface area (Å²) >= 11 is 0. The van der Waals surface area contributed by atoms with Crippen molar-refractivity contribution in [3.63, 3.8) is 0 Å². The molecule has 0 aromatic heterocycles. The van der Waals surface area contributed by atoms with E-state index in [4.69, 9.17) is 0 Å². The predicted molar refractivity (Wildman–Crippen MR) is 55.6 cm³/mol. The standard InChI is InChI=1S/C9H18N2O2S/c12-14(13)8-7-11(14)6-4-9-3-1-2-5-10-9/h9-10H,1-8H2. The van der Waals surface area contributed by atoms with Gasteiger partial charge in [0.1, 0.15) is 0 Å². The van der Waals surface area contributed by atoms with Crippen molar-refractivity contribution >= 4 is 10.0 Å². The summed E-state index contributed by atoms with van der Waals surface area (Å²) in [5.74, 6) is 0.352. The molecule has 1 N–H and O–H groups in total. The van der Waals surface area contributed by atoms with E-state index in [0.717, 1.165) is 19.5 Å². The van der Waals surface area contributed by atoms with E-state index in [0.29, 0.717) is 18.3 Å². The van der Waals surface area contributed by atoms with Crippen LogP contribution in [0.2, 0.25) is 0 Å². The molecule has 14 heavy (non-hydrogen) atoms. The minimum absolute atomic E-state index is 0.352. The average Bonchev–Trinajstić information content (AvgIpc) is 2.18. The lowest BCUT2D eigenvalue weighted by atomic mass is 10.0. The van der Waals surface area contributed by atoms with Crippen LogP contribution in [-0.4, -0.2) is 44.2 Å². The number of nitrogens with one attached hydrogen (secondary N) is 1. The van der Waals surface area contributed by atoms with Crippen molar-refractivity contribution in [2.24, 2.45) is 0 Å². The highest BCUT2D eigenvalue weighted by molar-refractivity contribution is 7.90. The molecule has 2 aliphatic heterocycles. The van der Waals surface area contributed by atoms with Crippen molar-refractivity contribution in [2.45, 2.75) is 31.7 Å². The first-order valence-corrected chi connectivity index (χ1v) is 7.00. The van der Waals surface area contributed by atoms with Gasteiger partial charge in [0.15, 0.2) is 0 Å². The first-order valence-electron chi connectivity index (χ1n) is 5.40. The second-order valence-electron chi connectivity index (χ2n) is 4.15. The van der Waals surface area contributed by atoms with Gasteiger partial charge in [-0.2, -0.15) is 0 Å². The molecule has 1 unspecified atom stereocenters. The van der Waals surface area contributed by atoms with E-state index in [1.807, 2.05) is 0 Å². The van der Waals surface area contributed by atoms with Gasteiger partial charge in [-0.3, -0.25) is 0 Å². The van der Waals surface area contributed by atoms with Gasteiger partial charge in [-0.15, -0.1) is 0 Å². The van der Waals surface area contributed by atoms with E-state index < -0.39 is 10.0 Å². The van der Waals surface area contributed by atoms with Crippen molar-refractivity contribution in [3.05, 3.63) is 0 Å². The fourth-order valence-electron chi connectivity index (χ4n) is 2.09. The zero-order chi connectivity index (χ0) is 10.0. The molecule has 2 fully saturated rings. The molecule has 5 heteroatoms. The Morgan fingerprint density at radius 1 is 1.36 bits per heavy atom. The molecule has 2 heterocycles. The zero-order valence-electron chi connectivity index (χ0n) is 8.41. The highest BCUT2D eigenvalue weighted by atomic mass is 32.2. The molecular formula is C9H18N2O2S. The molecular weight excluding hydrogens is 200 g/mol. The molecule has 4 nitrogen and oxygen atoms in total. The largest absolute Gasteiger partial charge is 0.314 e. The number of nitrogens with zero attached hydrogens (tertiary/aromatic N) is 1. The Labute approximate surface area is 85.7 Å². The Balaban J connectivity index is 1.71. The second-order valence-corrected chi connectivity index (χ2v) is 6.24. The molecule has 2 aliphatic rings. The third-order valence-electron chi connectivity index (χ3n) is 3.13. The number of sulfonamides is 1.